The molecule has 17 nitrogen and oxygen atoms in total. The summed E-state index contributed by atoms with van der Waals surface area (Å²) < 4.78 is 65.1. The number of esters is 1. The number of rotatable bonds is 20. The number of ether oxygens (including phenoxy) is 2. The lowest BCUT2D eigenvalue weighted by Gasteiger charge is -2.38. The Balaban J connectivity index is 1.07. The van der Waals surface area contributed by atoms with E-state index in [2.05, 4.69) is 20.0 Å². The molecule has 0 bridgehead atoms. The molecular formula is C43H52F4N8O9. The highest BCUT2D eigenvalue weighted by Crippen LogP contribution is 2.30. The normalized spacial score (nSPS) is 15.5. The molecule has 1 aromatic heterocycles. The number of likely N-dealkylation sites (tertiary alicyclic amines) is 1. The summed E-state index contributed by atoms with van der Waals surface area (Å²) in [5.41, 5.74) is 11.3. The van der Waals surface area contributed by atoms with Crippen molar-refractivity contribution in [3.8, 4) is 5.75 Å². The molecule has 4 heterocycles. The van der Waals surface area contributed by atoms with Crippen molar-refractivity contribution in [2.45, 2.75) is 84.3 Å². The van der Waals surface area contributed by atoms with Gasteiger partial charge in [0.15, 0.2) is 11.6 Å². The lowest BCUT2D eigenvalue weighted by Crippen LogP contribution is -2.52. The number of nitrogens with zero attached hydrogens (tertiary/aromatic N) is 5. The lowest BCUT2D eigenvalue weighted by atomic mass is 9.99. The summed E-state index contributed by atoms with van der Waals surface area (Å²) in [4.78, 5) is 95.1. The Kier molecular flexibility index (Phi) is 15.8. The van der Waals surface area contributed by atoms with Gasteiger partial charge in [0, 0.05) is 86.4 Å². The monoisotopic (exact) mass is 900 g/mol. The molecule has 64 heavy (non-hydrogen) atoms. The van der Waals surface area contributed by atoms with Gasteiger partial charge >= 0.3 is 5.97 Å². The number of aliphatic imine (C=N–C) groups is 1. The van der Waals surface area contributed by atoms with Gasteiger partial charge in [-0.25, -0.2) is 18.8 Å². The predicted octanol–water partition coefficient (Wildman–Crippen LogP) is 3.77. The van der Waals surface area contributed by atoms with E-state index in [9.17, 15) is 46.3 Å². The fourth-order valence-corrected chi connectivity index (χ4v) is 6.82. The summed E-state index contributed by atoms with van der Waals surface area (Å²) in [6.07, 6.45) is 4.30. The van der Waals surface area contributed by atoms with Crippen molar-refractivity contribution in [2.24, 2.45) is 22.4 Å². The first-order chi connectivity index (χ1) is 30.1. The maximum atomic E-state index is 13.9. The van der Waals surface area contributed by atoms with Crippen LogP contribution >= 0.6 is 0 Å². The zero-order valence-corrected chi connectivity index (χ0v) is 36.2. The molecule has 1 fully saturated rings. The van der Waals surface area contributed by atoms with E-state index in [1.165, 1.54) is 12.3 Å². The Labute approximate surface area is 366 Å². The first-order valence-electron chi connectivity index (χ1n) is 20.6. The number of hydroxylamine groups is 2. The summed E-state index contributed by atoms with van der Waals surface area (Å²) in [5, 5.41) is 3.90. The number of amidine groups is 1. The molecule has 3 aliphatic rings. The molecule has 5 N–H and O–H groups in total. The van der Waals surface area contributed by atoms with Gasteiger partial charge in [-0.05, 0) is 65.6 Å². The van der Waals surface area contributed by atoms with Crippen LogP contribution in [-0.4, -0.2) is 118 Å². The standard InChI is InChI=1S/C43H52F4N8O9/c1-6-11-55(41(61)26-14-30-31(51-32(49)16-26)15-27(20-50-30)39(59)53-21-24(19-48)22-53)63-12-8-25-17-34(57)54(40(25)60)23-33(56)52-42(2,3)10-13-62-43(4,5)9-7-35(58)64-38-36(46)28(44)18-29(45)37(38)47/h14-15,17-18,20,24H,6-13,16,19,21-23,48H2,1-5H3,(H2,49,51)(H,52,56). The van der Waals surface area contributed by atoms with Gasteiger partial charge in [0.2, 0.25) is 23.3 Å². The van der Waals surface area contributed by atoms with Crippen molar-refractivity contribution in [1.29, 1.82) is 0 Å². The molecule has 0 saturated carbocycles. The number of hydrogen-bond donors (Lipinski definition) is 3. The van der Waals surface area contributed by atoms with Gasteiger partial charge in [-0.1, -0.05) is 6.92 Å². The average Bonchev–Trinajstić information content (AvgIpc) is 3.35. The van der Waals surface area contributed by atoms with E-state index in [1.807, 2.05) is 6.92 Å². The van der Waals surface area contributed by atoms with Gasteiger partial charge in [-0.2, -0.15) is 8.78 Å². The number of carbonyl (C=O) groups is 6. The number of nitrogens with one attached hydrogen (secondary N) is 1. The van der Waals surface area contributed by atoms with Crippen LogP contribution in [0.5, 0.6) is 5.75 Å². The zero-order valence-electron chi connectivity index (χ0n) is 36.2. The number of pyridine rings is 1. The Morgan fingerprint density at radius 3 is 2.33 bits per heavy atom. The first kappa shape index (κ1) is 49.0. The molecule has 346 valence electrons. The number of carbonyl (C=O) groups excluding carboxylic acids is 6. The Morgan fingerprint density at radius 2 is 1.67 bits per heavy atom. The van der Waals surface area contributed by atoms with Crippen LogP contribution < -0.4 is 21.5 Å². The molecule has 0 aliphatic carbocycles. The Bertz CT molecular complexity index is 2250. The fraction of sp³-hybridized carbons (Fsp3) is 0.488. The van der Waals surface area contributed by atoms with Gasteiger partial charge in [-0.3, -0.25) is 43.5 Å². The van der Waals surface area contributed by atoms with Crippen LogP contribution in [0.3, 0.4) is 0 Å². The number of imide groups is 1. The average molecular weight is 901 g/mol. The highest BCUT2D eigenvalue weighted by molar-refractivity contribution is 6.17. The van der Waals surface area contributed by atoms with Crippen LogP contribution in [0.15, 0.2) is 40.5 Å². The second-order valence-corrected chi connectivity index (χ2v) is 16.8. The maximum absolute atomic E-state index is 13.9. The molecule has 2 aromatic rings. The third kappa shape index (κ3) is 12.3. The van der Waals surface area contributed by atoms with Gasteiger partial charge in [-0.15, -0.1) is 0 Å². The SMILES string of the molecule is CCCN(OCCC1=CC(=O)N(CC(=O)NC(C)(C)CCOC(C)(C)CCC(=O)Oc2c(F)c(F)cc(F)c2F)C1=O)C(=O)C1=Cc2ncc(C(=O)N3CC(CN)C3)cc2N=C(N)C1. The third-order valence-corrected chi connectivity index (χ3v) is 10.5. The summed E-state index contributed by atoms with van der Waals surface area (Å²) in [5.74, 6) is -12.1. The van der Waals surface area contributed by atoms with Gasteiger partial charge in [0.1, 0.15) is 12.4 Å². The van der Waals surface area contributed by atoms with E-state index in [0.717, 1.165) is 16.0 Å². The van der Waals surface area contributed by atoms with Crippen LogP contribution in [0.25, 0.3) is 6.08 Å². The molecule has 5 amide bonds. The van der Waals surface area contributed by atoms with E-state index < -0.39 is 82.7 Å². The molecule has 0 spiro atoms. The van der Waals surface area contributed by atoms with Crippen LogP contribution in [-0.2, 0) is 33.5 Å². The van der Waals surface area contributed by atoms with Crippen molar-refractivity contribution in [2.75, 3.05) is 45.9 Å². The topological polar surface area (TPSA) is 229 Å². The Morgan fingerprint density at radius 1 is 0.984 bits per heavy atom. The van der Waals surface area contributed by atoms with Gasteiger partial charge in [0.05, 0.1) is 29.2 Å². The minimum absolute atomic E-state index is 0.00635. The highest BCUT2D eigenvalue weighted by Gasteiger charge is 2.35. The molecule has 1 saturated heterocycles. The smallest absolute Gasteiger partial charge is 0.311 e. The van der Waals surface area contributed by atoms with Gasteiger partial charge < -0.3 is 31.2 Å². The lowest BCUT2D eigenvalue weighted by molar-refractivity contribution is -0.182. The predicted molar refractivity (Wildman–Crippen MR) is 222 cm³/mol. The van der Waals surface area contributed by atoms with E-state index in [4.69, 9.17) is 21.0 Å². The molecule has 1 aromatic carbocycles. The Hall–Kier alpha value is -6.06. The molecule has 3 aliphatic heterocycles. The fourth-order valence-electron chi connectivity index (χ4n) is 6.82. The largest absolute Gasteiger partial charge is 0.420 e. The molecule has 21 heteroatoms. The van der Waals surface area contributed by atoms with Crippen molar-refractivity contribution < 1.29 is 60.6 Å². The third-order valence-electron chi connectivity index (χ3n) is 10.5. The van der Waals surface area contributed by atoms with Crippen LogP contribution in [0.2, 0.25) is 0 Å². The van der Waals surface area contributed by atoms with Crippen LogP contribution in [0.1, 0.15) is 89.2 Å². The minimum atomic E-state index is -1.84. The highest BCUT2D eigenvalue weighted by atomic mass is 19.2. The zero-order chi connectivity index (χ0) is 47.1. The number of benzene rings is 1. The molecule has 0 unspecified atom stereocenters. The number of nitrogens with two attached hydrogens (primary N) is 2. The maximum Gasteiger partial charge on any atom is 0.311 e. The second kappa shape index (κ2) is 20.6. The van der Waals surface area contributed by atoms with Crippen molar-refractivity contribution in [3.63, 3.8) is 0 Å². The van der Waals surface area contributed by atoms with Crippen LogP contribution in [0.4, 0.5) is 23.2 Å². The van der Waals surface area contributed by atoms with E-state index in [1.54, 1.807) is 38.7 Å². The molecule has 0 radical (unpaired) electrons. The summed E-state index contributed by atoms with van der Waals surface area (Å²) in [6, 6.07) is 1.57. The molecule has 5 rings (SSSR count). The van der Waals surface area contributed by atoms with Crippen LogP contribution in [0, 0.1) is 29.2 Å². The summed E-state index contributed by atoms with van der Waals surface area (Å²) >= 11 is 0. The first-order valence-corrected chi connectivity index (χ1v) is 20.6. The van der Waals surface area contributed by atoms with Crippen molar-refractivity contribution in [1.82, 2.24) is 25.2 Å². The van der Waals surface area contributed by atoms with E-state index >= 15 is 0 Å². The van der Waals surface area contributed by atoms with E-state index in [0.29, 0.717) is 43.0 Å². The summed E-state index contributed by atoms with van der Waals surface area (Å²) in [7, 11) is 0. The number of hydrogen-bond acceptors (Lipinski definition) is 13. The van der Waals surface area contributed by atoms with Crippen molar-refractivity contribution >= 4 is 53.1 Å². The summed E-state index contributed by atoms with van der Waals surface area (Å²) in [6.45, 7) is 9.56. The molecule has 0 atom stereocenters. The molecular weight excluding hydrogens is 849 g/mol. The second-order valence-electron chi connectivity index (χ2n) is 16.8. The van der Waals surface area contributed by atoms with Gasteiger partial charge in [0.25, 0.3) is 23.6 Å². The van der Waals surface area contributed by atoms with E-state index in [-0.39, 0.29) is 80.3 Å². The van der Waals surface area contributed by atoms with Crippen molar-refractivity contribution in [3.05, 3.63) is 70.1 Å². The number of amides is 5. The number of halogens is 4. The quantitative estimate of drug-likeness (QED) is 0.0431. The minimum Gasteiger partial charge on any atom is -0.420 e. The number of fused-ring (bicyclic) bond motifs is 1. The number of aromatic nitrogens is 1.